The van der Waals surface area contributed by atoms with Gasteiger partial charge >= 0.3 is 12.0 Å². The van der Waals surface area contributed by atoms with E-state index in [0.29, 0.717) is 12.8 Å². The monoisotopic (exact) mass is 273 g/mol. The van der Waals surface area contributed by atoms with E-state index in [-0.39, 0.29) is 5.92 Å². The number of nitrogens with two attached hydrogens (primary N) is 1. The number of primary amides is 1. The number of aliphatic carboxylic acids is 1. The normalized spacial score (nSPS) is 15.4. The lowest BCUT2D eigenvalue weighted by molar-refractivity contribution is -0.144. The second-order valence-corrected chi connectivity index (χ2v) is 5.11. The summed E-state index contributed by atoms with van der Waals surface area (Å²) in [6.07, 6.45) is 0.894. The van der Waals surface area contributed by atoms with Crippen molar-refractivity contribution < 1.29 is 19.5 Å². The van der Waals surface area contributed by atoms with Crippen molar-refractivity contribution >= 4 is 17.9 Å². The standard InChI is InChI=1S/C12H23N3O4/c1-5-6-12(4,10(17)18)15-11(19)14-8(7(2)3)9(13)16/h7-8H,5-6H2,1-4H3,(H2,13,16)(H,17,18)(H2,14,15,19). The first-order valence-corrected chi connectivity index (χ1v) is 6.25. The van der Waals surface area contributed by atoms with E-state index in [0.717, 1.165) is 0 Å². The summed E-state index contributed by atoms with van der Waals surface area (Å²) < 4.78 is 0. The van der Waals surface area contributed by atoms with Gasteiger partial charge in [-0.15, -0.1) is 0 Å². The zero-order valence-corrected chi connectivity index (χ0v) is 11.8. The summed E-state index contributed by atoms with van der Waals surface area (Å²) in [5, 5.41) is 13.9. The molecule has 110 valence electrons. The summed E-state index contributed by atoms with van der Waals surface area (Å²) >= 11 is 0. The third-order valence-electron chi connectivity index (χ3n) is 2.87. The molecule has 0 fully saturated rings. The van der Waals surface area contributed by atoms with Gasteiger partial charge in [0.25, 0.3) is 0 Å². The van der Waals surface area contributed by atoms with Crippen LogP contribution in [0.2, 0.25) is 0 Å². The van der Waals surface area contributed by atoms with Crippen molar-refractivity contribution in [3.05, 3.63) is 0 Å². The van der Waals surface area contributed by atoms with E-state index < -0.39 is 29.5 Å². The first-order chi connectivity index (χ1) is 8.64. The molecule has 2 atom stereocenters. The number of rotatable bonds is 7. The number of nitrogens with one attached hydrogen (secondary N) is 2. The molecular formula is C12H23N3O4. The molecule has 7 nitrogen and oxygen atoms in total. The van der Waals surface area contributed by atoms with Crippen LogP contribution in [0.25, 0.3) is 0 Å². The summed E-state index contributed by atoms with van der Waals surface area (Å²) in [4.78, 5) is 34.1. The Hall–Kier alpha value is -1.79. The maximum atomic E-state index is 11.8. The molecule has 0 aromatic carbocycles. The van der Waals surface area contributed by atoms with Gasteiger partial charge in [-0.2, -0.15) is 0 Å². The van der Waals surface area contributed by atoms with Crippen LogP contribution in [-0.4, -0.2) is 34.6 Å². The predicted molar refractivity (Wildman–Crippen MR) is 70.4 cm³/mol. The number of urea groups is 1. The third kappa shape index (κ3) is 5.15. The van der Waals surface area contributed by atoms with Crippen molar-refractivity contribution in [3.63, 3.8) is 0 Å². The van der Waals surface area contributed by atoms with Crippen LogP contribution < -0.4 is 16.4 Å². The Morgan fingerprint density at radius 1 is 1.32 bits per heavy atom. The quantitative estimate of drug-likeness (QED) is 0.537. The highest BCUT2D eigenvalue weighted by Crippen LogP contribution is 2.12. The predicted octanol–water partition coefficient (Wildman–Crippen LogP) is 0.439. The Bertz CT molecular complexity index is 357. The minimum absolute atomic E-state index is 0.175. The number of amides is 3. The Morgan fingerprint density at radius 3 is 2.16 bits per heavy atom. The molecule has 0 rings (SSSR count). The molecular weight excluding hydrogens is 250 g/mol. The van der Waals surface area contributed by atoms with Crippen molar-refractivity contribution in [1.82, 2.24) is 10.6 Å². The Morgan fingerprint density at radius 2 is 1.84 bits per heavy atom. The van der Waals surface area contributed by atoms with E-state index in [4.69, 9.17) is 10.8 Å². The lowest BCUT2D eigenvalue weighted by Crippen LogP contribution is -2.59. The molecule has 0 aromatic heterocycles. The van der Waals surface area contributed by atoms with E-state index in [1.807, 2.05) is 6.92 Å². The molecule has 0 radical (unpaired) electrons. The molecule has 2 unspecified atom stereocenters. The second-order valence-electron chi connectivity index (χ2n) is 5.11. The average Bonchev–Trinajstić information content (AvgIpc) is 2.24. The molecule has 0 saturated carbocycles. The van der Waals surface area contributed by atoms with Gasteiger partial charge < -0.3 is 21.5 Å². The van der Waals surface area contributed by atoms with Crippen LogP contribution in [0.15, 0.2) is 0 Å². The zero-order chi connectivity index (χ0) is 15.2. The highest BCUT2D eigenvalue weighted by atomic mass is 16.4. The molecule has 0 aliphatic rings. The van der Waals surface area contributed by atoms with E-state index in [1.165, 1.54) is 6.92 Å². The molecule has 0 aliphatic carbocycles. The molecule has 0 aliphatic heterocycles. The second kappa shape index (κ2) is 6.96. The van der Waals surface area contributed by atoms with Crippen molar-refractivity contribution in [2.75, 3.05) is 0 Å². The number of carbonyl (C=O) groups is 3. The number of carboxylic acids is 1. The number of hydrogen-bond acceptors (Lipinski definition) is 3. The molecule has 7 heteroatoms. The molecule has 0 aromatic rings. The molecule has 0 spiro atoms. The number of hydrogen-bond donors (Lipinski definition) is 4. The summed E-state index contributed by atoms with van der Waals surface area (Å²) in [6, 6.07) is -1.55. The van der Waals surface area contributed by atoms with E-state index in [1.54, 1.807) is 13.8 Å². The number of carboxylic acid groups (broad SMARTS) is 1. The Balaban J connectivity index is 4.75. The van der Waals surface area contributed by atoms with E-state index in [2.05, 4.69) is 10.6 Å². The largest absolute Gasteiger partial charge is 0.480 e. The molecule has 0 heterocycles. The van der Waals surface area contributed by atoms with Crippen LogP contribution >= 0.6 is 0 Å². The minimum Gasteiger partial charge on any atom is -0.480 e. The van der Waals surface area contributed by atoms with E-state index in [9.17, 15) is 14.4 Å². The highest BCUT2D eigenvalue weighted by Gasteiger charge is 2.34. The van der Waals surface area contributed by atoms with Crippen LogP contribution in [0.1, 0.15) is 40.5 Å². The van der Waals surface area contributed by atoms with Gasteiger partial charge in [-0.1, -0.05) is 27.2 Å². The van der Waals surface area contributed by atoms with Crippen LogP contribution in [-0.2, 0) is 9.59 Å². The van der Waals surface area contributed by atoms with Gasteiger partial charge in [-0.05, 0) is 19.3 Å². The smallest absolute Gasteiger partial charge is 0.329 e. The molecule has 19 heavy (non-hydrogen) atoms. The summed E-state index contributed by atoms with van der Waals surface area (Å²) in [7, 11) is 0. The summed E-state index contributed by atoms with van der Waals surface area (Å²) in [5.74, 6) is -1.95. The van der Waals surface area contributed by atoms with Crippen LogP contribution in [0.5, 0.6) is 0 Å². The van der Waals surface area contributed by atoms with Crippen LogP contribution in [0, 0.1) is 5.92 Å². The zero-order valence-electron chi connectivity index (χ0n) is 11.8. The molecule has 5 N–H and O–H groups in total. The van der Waals surface area contributed by atoms with Crippen molar-refractivity contribution in [2.24, 2.45) is 11.7 Å². The topological polar surface area (TPSA) is 122 Å². The minimum atomic E-state index is -1.36. The lowest BCUT2D eigenvalue weighted by atomic mass is 9.96. The van der Waals surface area contributed by atoms with Crippen LogP contribution in [0.3, 0.4) is 0 Å². The van der Waals surface area contributed by atoms with Gasteiger partial charge in [0.1, 0.15) is 11.6 Å². The first-order valence-electron chi connectivity index (χ1n) is 6.25. The van der Waals surface area contributed by atoms with E-state index >= 15 is 0 Å². The molecule has 3 amide bonds. The summed E-state index contributed by atoms with van der Waals surface area (Å²) in [6.45, 7) is 6.71. The van der Waals surface area contributed by atoms with Gasteiger partial charge in [-0.25, -0.2) is 9.59 Å². The maximum Gasteiger partial charge on any atom is 0.329 e. The van der Waals surface area contributed by atoms with Gasteiger partial charge in [-0.3, -0.25) is 4.79 Å². The van der Waals surface area contributed by atoms with Crippen LogP contribution in [0.4, 0.5) is 4.79 Å². The van der Waals surface area contributed by atoms with Crippen molar-refractivity contribution in [3.8, 4) is 0 Å². The van der Waals surface area contributed by atoms with Gasteiger partial charge in [0, 0.05) is 0 Å². The fourth-order valence-electron chi connectivity index (χ4n) is 1.72. The lowest BCUT2D eigenvalue weighted by Gasteiger charge is -2.27. The van der Waals surface area contributed by atoms with Crippen molar-refractivity contribution in [1.29, 1.82) is 0 Å². The fourth-order valence-corrected chi connectivity index (χ4v) is 1.72. The van der Waals surface area contributed by atoms with Gasteiger partial charge in [0.15, 0.2) is 0 Å². The average molecular weight is 273 g/mol. The summed E-state index contributed by atoms with van der Waals surface area (Å²) in [5.41, 5.74) is 3.81. The first kappa shape index (κ1) is 17.2. The fraction of sp³-hybridized carbons (Fsp3) is 0.750. The SMILES string of the molecule is CCCC(C)(NC(=O)NC(C(N)=O)C(C)C)C(=O)O. The van der Waals surface area contributed by atoms with Crippen molar-refractivity contribution in [2.45, 2.75) is 52.1 Å². The highest BCUT2D eigenvalue weighted by molar-refractivity contribution is 5.89. The molecule has 0 bridgehead atoms. The number of carbonyl (C=O) groups excluding carboxylic acids is 2. The molecule has 0 saturated heterocycles. The Labute approximate surface area is 112 Å². The van der Waals surface area contributed by atoms with Gasteiger partial charge in [0.2, 0.25) is 5.91 Å². The Kier molecular flexibility index (Phi) is 6.31. The third-order valence-corrected chi connectivity index (χ3v) is 2.87. The maximum absolute atomic E-state index is 11.8. The van der Waals surface area contributed by atoms with Gasteiger partial charge in [0.05, 0.1) is 0 Å².